The summed E-state index contributed by atoms with van der Waals surface area (Å²) >= 11 is 0. The summed E-state index contributed by atoms with van der Waals surface area (Å²) in [6, 6.07) is 1.49. The van der Waals surface area contributed by atoms with Crippen molar-refractivity contribution < 1.29 is 34.2 Å². The molecule has 1 aromatic carbocycles. The number of aliphatic carboxylic acids is 1. The van der Waals surface area contributed by atoms with Crippen LogP contribution in [0, 0.1) is 0 Å². The van der Waals surface area contributed by atoms with Crippen LogP contribution in [0.25, 0.3) is 0 Å². The van der Waals surface area contributed by atoms with Gasteiger partial charge in [0.1, 0.15) is 23.9 Å². The number of amides is 4. The lowest BCUT2D eigenvalue weighted by Crippen LogP contribution is -2.57. The second-order valence-electron chi connectivity index (χ2n) is 7.98. The Morgan fingerprint density at radius 3 is 2.30 bits per heavy atom. The summed E-state index contributed by atoms with van der Waals surface area (Å²) in [5, 5.41) is 23.6. The molecule has 12 heteroatoms. The van der Waals surface area contributed by atoms with E-state index in [1.807, 2.05) is 0 Å². The highest BCUT2D eigenvalue weighted by Crippen LogP contribution is 2.19. The molecule has 1 aromatic rings. The van der Waals surface area contributed by atoms with Crippen LogP contribution in [0.5, 0.6) is 5.75 Å². The molecule has 0 spiro atoms. The first-order valence-corrected chi connectivity index (χ1v) is 10.5. The smallest absolute Gasteiger partial charge is 0.326 e. The van der Waals surface area contributed by atoms with Gasteiger partial charge in [-0.2, -0.15) is 0 Å². The number of carbonyl (C=O) groups is 5. The van der Waals surface area contributed by atoms with Crippen molar-refractivity contribution >= 4 is 29.6 Å². The Hall–Kier alpha value is -3.67. The summed E-state index contributed by atoms with van der Waals surface area (Å²) in [5.41, 5.74) is 11.3. The fraction of sp³-hybridized carbons (Fsp3) is 0.476. The molecule has 2 rings (SSSR count). The molecule has 0 bridgehead atoms. The third-order valence-electron chi connectivity index (χ3n) is 5.26. The quantitative estimate of drug-likeness (QED) is 0.233. The molecule has 1 aliphatic heterocycles. The molecule has 180 valence electrons. The number of benzene rings is 1. The predicted molar refractivity (Wildman–Crippen MR) is 116 cm³/mol. The summed E-state index contributed by atoms with van der Waals surface area (Å²) in [7, 11) is 0. The Kier molecular flexibility index (Phi) is 8.74. The van der Waals surface area contributed by atoms with Crippen molar-refractivity contribution in [1.82, 2.24) is 15.5 Å². The molecule has 0 radical (unpaired) electrons. The van der Waals surface area contributed by atoms with E-state index in [1.165, 1.54) is 24.0 Å². The highest BCUT2D eigenvalue weighted by atomic mass is 16.4. The zero-order valence-electron chi connectivity index (χ0n) is 18.2. The minimum atomic E-state index is -1.57. The number of phenols is 1. The number of hydrogen-bond acceptors (Lipinski definition) is 7. The van der Waals surface area contributed by atoms with Gasteiger partial charge in [0.2, 0.25) is 23.6 Å². The van der Waals surface area contributed by atoms with E-state index in [0.717, 1.165) is 0 Å². The van der Waals surface area contributed by atoms with Gasteiger partial charge >= 0.3 is 5.97 Å². The number of hydrogen-bond donors (Lipinski definition) is 6. The lowest BCUT2D eigenvalue weighted by Gasteiger charge is -2.28. The summed E-state index contributed by atoms with van der Waals surface area (Å²) in [6.07, 6.45) is 0.317. The van der Waals surface area contributed by atoms with Gasteiger partial charge in [-0.05, 0) is 37.5 Å². The Labute approximate surface area is 190 Å². The van der Waals surface area contributed by atoms with Crippen LogP contribution in [-0.2, 0) is 30.4 Å². The van der Waals surface area contributed by atoms with Gasteiger partial charge in [0.15, 0.2) is 0 Å². The maximum atomic E-state index is 13.0. The van der Waals surface area contributed by atoms with Gasteiger partial charge in [0.05, 0.1) is 12.5 Å². The maximum Gasteiger partial charge on any atom is 0.326 e. The van der Waals surface area contributed by atoms with E-state index in [1.54, 1.807) is 12.1 Å². The maximum absolute atomic E-state index is 13.0. The largest absolute Gasteiger partial charge is 0.508 e. The first-order chi connectivity index (χ1) is 15.5. The molecule has 0 saturated carbocycles. The lowest BCUT2D eigenvalue weighted by atomic mass is 10.0. The highest BCUT2D eigenvalue weighted by molar-refractivity contribution is 5.95. The summed E-state index contributed by atoms with van der Waals surface area (Å²) < 4.78 is 0. The molecule has 33 heavy (non-hydrogen) atoms. The fourth-order valence-electron chi connectivity index (χ4n) is 3.58. The number of aromatic hydroxyl groups is 1. The number of carboxylic acids is 1. The van der Waals surface area contributed by atoms with Crippen LogP contribution in [0.15, 0.2) is 24.3 Å². The number of nitrogens with zero attached hydrogens (tertiary/aromatic N) is 1. The zero-order chi connectivity index (χ0) is 24.7. The van der Waals surface area contributed by atoms with Crippen molar-refractivity contribution in [2.45, 2.75) is 56.8 Å². The zero-order valence-corrected chi connectivity index (χ0v) is 18.2. The highest BCUT2D eigenvalue weighted by Gasteiger charge is 2.37. The predicted octanol–water partition coefficient (Wildman–Crippen LogP) is -1.80. The number of phenolic OH excluding ortho intramolecular Hbond substituents is 1. The van der Waals surface area contributed by atoms with E-state index in [0.29, 0.717) is 24.9 Å². The molecule has 1 aliphatic rings. The number of nitrogens with two attached hydrogens (primary N) is 2. The van der Waals surface area contributed by atoms with Crippen molar-refractivity contribution in [3.05, 3.63) is 29.8 Å². The minimum Gasteiger partial charge on any atom is -0.508 e. The van der Waals surface area contributed by atoms with E-state index in [2.05, 4.69) is 10.6 Å². The van der Waals surface area contributed by atoms with Crippen molar-refractivity contribution in [3.63, 3.8) is 0 Å². The van der Waals surface area contributed by atoms with Gasteiger partial charge in [0.25, 0.3) is 0 Å². The molecule has 12 nitrogen and oxygen atoms in total. The number of carboxylic acid groups (broad SMARTS) is 1. The molecule has 4 unspecified atom stereocenters. The first-order valence-electron chi connectivity index (χ1n) is 10.5. The Balaban J connectivity index is 2.22. The van der Waals surface area contributed by atoms with Crippen molar-refractivity contribution in [2.24, 2.45) is 11.5 Å². The van der Waals surface area contributed by atoms with Crippen molar-refractivity contribution in [1.29, 1.82) is 0 Å². The number of primary amides is 1. The second kappa shape index (κ2) is 11.3. The van der Waals surface area contributed by atoms with E-state index in [4.69, 9.17) is 11.5 Å². The molecule has 0 aliphatic carbocycles. The Morgan fingerprint density at radius 2 is 1.76 bits per heavy atom. The fourth-order valence-corrected chi connectivity index (χ4v) is 3.58. The molecule has 8 N–H and O–H groups in total. The number of nitrogens with one attached hydrogen (secondary N) is 2. The van der Waals surface area contributed by atoms with Crippen LogP contribution in [0.3, 0.4) is 0 Å². The monoisotopic (exact) mass is 463 g/mol. The molecule has 1 fully saturated rings. The van der Waals surface area contributed by atoms with Gasteiger partial charge in [0, 0.05) is 13.0 Å². The molecule has 0 aromatic heterocycles. The first kappa shape index (κ1) is 25.6. The lowest BCUT2D eigenvalue weighted by molar-refractivity contribution is -0.144. The molecular formula is C21H29N5O7. The van der Waals surface area contributed by atoms with Crippen molar-refractivity contribution in [2.75, 3.05) is 6.54 Å². The average molecular weight is 463 g/mol. The Morgan fingerprint density at radius 1 is 1.12 bits per heavy atom. The van der Waals surface area contributed by atoms with Gasteiger partial charge in [-0.3, -0.25) is 19.2 Å². The minimum absolute atomic E-state index is 0.00667. The Bertz CT molecular complexity index is 903. The SMILES string of the molecule is CC(N)C(=O)N1CCCC1C(=O)NC(Cc1ccc(O)cc1)C(=O)NC(CC(N)=O)C(=O)O. The third-order valence-corrected chi connectivity index (χ3v) is 5.26. The number of likely N-dealkylation sites (tertiary alicyclic amines) is 1. The summed E-state index contributed by atoms with van der Waals surface area (Å²) in [5.74, 6) is -4.18. The van der Waals surface area contributed by atoms with Gasteiger partial charge < -0.3 is 37.2 Å². The van der Waals surface area contributed by atoms with E-state index < -0.39 is 54.3 Å². The van der Waals surface area contributed by atoms with Crippen LogP contribution in [0.2, 0.25) is 0 Å². The second-order valence-corrected chi connectivity index (χ2v) is 7.98. The molecule has 1 saturated heterocycles. The number of rotatable bonds is 10. The average Bonchev–Trinajstić information content (AvgIpc) is 3.23. The number of carbonyl (C=O) groups excluding carboxylic acids is 4. The summed E-state index contributed by atoms with van der Waals surface area (Å²) in [6.45, 7) is 1.87. The third kappa shape index (κ3) is 7.17. The molecular weight excluding hydrogens is 434 g/mol. The summed E-state index contributed by atoms with van der Waals surface area (Å²) in [4.78, 5) is 62.1. The van der Waals surface area contributed by atoms with E-state index >= 15 is 0 Å². The van der Waals surface area contributed by atoms with Crippen LogP contribution >= 0.6 is 0 Å². The van der Waals surface area contributed by atoms with E-state index in [9.17, 15) is 34.2 Å². The molecule has 4 amide bonds. The van der Waals surface area contributed by atoms with E-state index in [-0.39, 0.29) is 18.1 Å². The molecule has 4 atom stereocenters. The van der Waals surface area contributed by atoms with Crippen LogP contribution in [0.4, 0.5) is 0 Å². The standard InChI is InChI=1S/C21H29N5O7/c1-11(22)20(31)26-8-2-3-16(26)19(30)24-14(9-12-4-6-13(27)7-5-12)18(29)25-15(21(32)33)10-17(23)28/h4-7,11,14-16,27H,2-3,8-10,22H2,1H3,(H2,23,28)(H,24,30)(H,25,29)(H,32,33). The van der Waals surface area contributed by atoms with Crippen LogP contribution < -0.4 is 22.1 Å². The van der Waals surface area contributed by atoms with Crippen LogP contribution in [-0.4, -0.2) is 75.4 Å². The van der Waals surface area contributed by atoms with Gasteiger partial charge in [-0.25, -0.2) is 4.79 Å². The van der Waals surface area contributed by atoms with Crippen LogP contribution in [0.1, 0.15) is 31.7 Å². The van der Waals surface area contributed by atoms with Gasteiger partial charge in [-0.15, -0.1) is 0 Å². The van der Waals surface area contributed by atoms with Crippen molar-refractivity contribution in [3.8, 4) is 5.75 Å². The van der Waals surface area contributed by atoms with Gasteiger partial charge in [-0.1, -0.05) is 12.1 Å². The topological polar surface area (TPSA) is 205 Å². The molecule has 1 heterocycles. The normalized spacial score (nSPS) is 18.1.